The second kappa shape index (κ2) is 5.56. The van der Waals surface area contributed by atoms with E-state index in [4.69, 9.17) is 14.2 Å². The average molecular weight is 241 g/mol. The quantitative estimate of drug-likeness (QED) is 0.653. The van der Waals surface area contributed by atoms with Gasteiger partial charge in [0, 0.05) is 13.1 Å². The predicted octanol–water partition coefficient (Wildman–Crippen LogP) is 0.0402. The summed E-state index contributed by atoms with van der Waals surface area (Å²) < 4.78 is 14.8. The van der Waals surface area contributed by atoms with E-state index in [2.05, 4.69) is 0 Å². The number of carbonyl (C=O) groups excluding carboxylic acids is 2. The third-order valence-electron chi connectivity index (χ3n) is 2.64. The van der Waals surface area contributed by atoms with Crippen LogP contribution in [0.2, 0.25) is 0 Å². The van der Waals surface area contributed by atoms with Crippen molar-refractivity contribution in [2.75, 3.05) is 32.9 Å². The minimum atomic E-state index is -0.655. The molecular formula is C11H15NO5. The van der Waals surface area contributed by atoms with Crippen molar-refractivity contribution in [1.29, 1.82) is 0 Å². The van der Waals surface area contributed by atoms with Crippen LogP contribution in [-0.2, 0) is 23.8 Å². The molecule has 6 heteroatoms. The summed E-state index contributed by atoms with van der Waals surface area (Å²) in [6, 6.07) is 0. The van der Waals surface area contributed by atoms with Gasteiger partial charge in [0.25, 0.3) is 5.91 Å². The predicted molar refractivity (Wildman–Crippen MR) is 56.8 cm³/mol. The molecule has 0 radical (unpaired) electrons. The van der Waals surface area contributed by atoms with Gasteiger partial charge in [-0.05, 0) is 12.8 Å². The first-order valence-electron chi connectivity index (χ1n) is 5.67. The Balaban J connectivity index is 1.75. The Morgan fingerprint density at radius 3 is 2.71 bits per heavy atom. The largest absolute Gasteiger partial charge is 0.493 e. The fourth-order valence-corrected chi connectivity index (χ4v) is 1.73. The molecule has 94 valence electrons. The molecule has 2 aliphatic heterocycles. The van der Waals surface area contributed by atoms with Gasteiger partial charge >= 0.3 is 5.97 Å². The minimum absolute atomic E-state index is 0.0190. The number of amides is 1. The molecule has 0 aromatic carbocycles. The van der Waals surface area contributed by atoms with E-state index in [9.17, 15) is 9.59 Å². The van der Waals surface area contributed by atoms with Gasteiger partial charge in [-0.2, -0.15) is 0 Å². The summed E-state index contributed by atoms with van der Waals surface area (Å²) in [4.78, 5) is 24.7. The third kappa shape index (κ3) is 3.12. The molecule has 1 fully saturated rings. The molecule has 0 bridgehead atoms. The number of nitrogens with zero attached hydrogens (tertiary/aromatic N) is 1. The Morgan fingerprint density at radius 2 is 2.06 bits per heavy atom. The number of rotatable bonds is 3. The topological polar surface area (TPSA) is 65.1 Å². The molecule has 2 heterocycles. The van der Waals surface area contributed by atoms with Crippen LogP contribution in [0.15, 0.2) is 12.0 Å². The second-order valence-corrected chi connectivity index (χ2v) is 3.87. The van der Waals surface area contributed by atoms with Crippen molar-refractivity contribution in [3.8, 4) is 0 Å². The van der Waals surface area contributed by atoms with Gasteiger partial charge in [-0.1, -0.05) is 0 Å². The first kappa shape index (κ1) is 11.8. The van der Waals surface area contributed by atoms with Gasteiger partial charge in [0.15, 0.2) is 6.61 Å². The van der Waals surface area contributed by atoms with Crippen molar-refractivity contribution in [3.05, 3.63) is 12.0 Å². The van der Waals surface area contributed by atoms with Gasteiger partial charge in [0.2, 0.25) is 5.76 Å². The summed E-state index contributed by atoms with van der Waals surface area (Å²) in [6.07, 6.45) is 3.25. The van der Waals surface area contributed by atoms with Crippen molar-refractivity contribution >= 4 is 11.9 Å². The average Bonchev–Trinajstić information content (AvgIpc) is 2.90. The number of likely N-dealkylation sites (tertiary alicyclic amines) is 1. The SMILES string of the molecule is O=C(OCC(=O)N1CCCC1)C1=COCCO1. The van der Waals surface area contributed by atoms with Crippen molar-refractivity contribution in [1.82, 2.24) is 4.90 Å². The van der Waals surface area contributed by atoms with Crippen molar-refractivity contribution in [2.24, 2.45) is 0 Å². The number of hydrogen-bond donors (Lipinski definition) is 0. The zero-order valence-corrected chi connectivity index (χ0v) is 9.52. The lowest BCUT2D eigenvalue weighted by molar-refractivity contribution is -0.152. The second-order valence-electron chi connectivity index (χ2n) is 3.87. The standard InChI is InChI=1S/C11H15NO5/c13-10(12-3-1-2-4-12)8-17-11(14)9-7-15-5-6-16-9/h7H,1-6,8H2. The van der Waals surface area contributed by atoms with Crippen LogP contribution in [-0.4, -0.2) is 49.7 Å². The minimum Gasteiger partial charge on any atom is -0.493 e. The van der Waals surface area contributed by atoms with Crippen molar-refractivity contribution in [2.45, 2.75) is 12.8 Å². The highest BCUT2D eigenvalue weighted by Gasteiger charge is 2.21. The molecule has 0 spiro atoms. The maximum absolute atomic E-state index is 11.6. The maximum atomic E-state index is 11.6. The molecule has 0 atom stereocenters. The van der Waals surface area contributed by atoms with Crippen LogP contribution in [0.4, 0.5) is 0 Å². The molecular weight excluding hydrogens is 226 g/mol. The molecule has 1 amide bonds. The Labute approximate surface area is 99.1 Å². The fourth-order valence-electron chi connectivity index (χ4n) is 1.73. The molecule has 2 aliphatic rings. The highest BCUT2D eigenvalue weighted by Crippen LogP contribution is 2.09. The number of hydrogen-bond acceptors (Lipinski definition) is 5. The molecule has 6 nitrogen and oxygen atoms in total. The van der Waals surface area contributed by atoms with Gasteiger partial charge in [-0.15, -0.1) is 0 Å². The fraction of sp³-hybridized carbons (Fsp3) is 0.636. The van der Waals surface area contributed by atoms with Crippen LogP contribution < -0.4 is 0 Å². The van der Waals surface area contributed by atoms with Gasteiger partial charge in [-0.25, -0.2) is 4.79 Å². The summed E-state index contributed by atoms with van der Waals surface area (Å²) in [5.41, 5.74) is 0. The molecule has 1 saturated heterocycles. The summed E-state index contributed by atoms with van der Waals surface area (Å²) >= 11 is 0. The van der Waals surface area contributed by atoms with Crippen molar-refractivity contribution in [3.63, 3.8) is 0 Å². The zero-order chi connectivity index (χ0) is 12.1. The highest BCUT2D eigenvalue weighted by atomic mass is 16.6. The Kier molecular flexibility index (Phi) is 3.85. The highest BCUT2D eigenvalue weighted by molar-refractivity contribution is 5.88. The zero-order valence-electron chi connectivity index (χ0n) is 9.52. The maximum Gasteiger partial charge on any atom is 0.377 e. The molecule has 0 unspecified atom stereocenters. The normalized spacial score (nSPS) is 19.1. The lowest BCUT2D eigenvalue weighted by Gasteiger charge is -2.17. The van der Waals surface area contributed by atoms with E-state index in [1.165, 1.54) is 6.26 Å². The molecule has 0 N–H and O–H groups in total. The van der Waals surface area contributed by atoms with E-state index in [-0.39, 0.29) is 18.3 Å². The number of ether oxygens (including phenoxy) is 3. The van der Waals surface area contributed by atoms with Crippen LogP contribution in [0.5, 0.6) is 0 Å². The molecule has 0 aromatic rings. The monoisotopic (exact) mass is 241 g/mol. The molecule has 2 rings (SSSR count). The lowest BCUT2D eigenvalue weighted by atomic mass is 10.4. The molecule has 0 aromatic heterocycles. The smallest absolute Gasteiger partial charge is 0.377 e. The molecule has 0 aliphatic carbocycles. The summed E-state index contributed by atoms with van der Waals surface area (Å²) in [5, 5.41) is 0. The van der Waals surface area contributed by atoms with E-state index in [0.29, 0.717) is 13.2 Å². The van der Waals surface area contributed by atoms with Gasteiger partial charge in [0.1, 0.15) is 19.5 Å². The first-order valence-corrected chi connectivity index (χ1v) is 5.67. The van der Waals surface area contributed by atoms with Crippen LogP contribution in [0.1, 0.15) is 12.8 Å². The lowest BCUT2D eigenvalue weighted by Crippen LogP contribution is -2.32. The Morgan fingerprint density at radius 1 is 1.29 bits per heavy atom. The summed E-state index contributed by atoms with van der Waals surface area (Å²) in [5.74, 6) is -0.795. The summed E-state index contributed by atoms with van der Waals surface area (Å²) in [6.45, 7) is 2.00. The van der Waals surface area contributed by atoms with E-state index in [1.54, 1.807) is 4.90 Å². The van der Waals surface area contributed by atoms with Gasteiger partial charge in [0.05, 0.1) is 0 Å². The van der Waals surface area contributed by atoms with Crippen molar-refractivity contribution < 1.29 is 23.8 Å². The molecule has 17 heavy (non-hydrogen) atoms. The molecule has 0 saturated carbocycles. The first-order chi connectivity index (χ1) is 8.27. The summed E-state index contributed by atoms with van der Waals surface area (Å²) in [7, 11) is 0. The Bertz CT molecular complexity index is 333. The van der Waals surface area contributed by atoms with E-state index in [1.807, 2.05) is 0 Å². The van der Waals surface area contributed by atoms with E-state index < -0.39 is 5.97 Å². The number of carbonyl (C=O) groups is 2. The van der Waals surface area contributed by atoms with Crippen LogP contribution in [0, 0.1) is 0 Å². The Hall–Kier alpha value is -1.72. The van der Waals surface area contributed by atoms with Crippen LogP contribution in [0.3, 0.4) is 0 Å². The number of esters is 1. The van der Waals surface area contributed by atoms with Gasteiger partial charge < -0.3 is 19.1 Å². The van der Waals surface area contributed by atoms with E-state index >= 15 is 0 Å². The third-order valence-corrected chi connectivity index (χ3v) is 2.64. The van der Waals surface area contributed by atoms with E-state index in [0.717, 1.165) is 25.9 Å². The van der Waals surface area contributed by atoms with Crippen LogP contribution in [0.25, 0.3) is 0 Å². The van der Waals surface area contributed by atoms with Gasteiger partial charge in [-0.3, -0.25) is 4.79 Å². The van der Waals surface area contributed by atoms with Crippen LogP contribution >= 0.6 is 0 Å².